The van der Waals surface area contributed by atoms with Crippen LogP contribution in [0.4, 0.5) is 5.69 Å². The zero-order valence-corrected chi connectivity index (χ0v) is 21.7. The number of rotatable bonds is 12. The number of nitrogens with zero attached hydrogens (tertiary/aromatic N) is 1. The molecule has 3 aromatic carbocycles. The fraction of sp³-hybridized carbons (Fsp3) is 0.333. The molecule has 0 saturated carbocycles. The second-order valence-corrected chi connectivity index (χ2v) is 9.05. The van der Waals surface area contributed by atoms with Crippen LogP contribution >= 0.6 is 0 Å². The van der Waals surface area contributed by atoms with Crippen LogP contribution in [-0.4, -0.2) is 67.9 Å². The summed E-state index contributed by atoms with van der Waals surface area (Å²) in [7, 11) is 0. The van der Waals surface area contributed by atoms with E-state index in [-0.39, 0.29) is 16.8 Å². The predicted octanol–water partition coefficient (Wildman–Crippen LogP) is 5.19. The van der Waals surface area contributed by atoms with Gasteiger partial charge < -0.3 is 24.6 Å². The summed E-state index contributed by atoms with van der Waals surface area (Å²) >= 11 is 0. The van der Waals surface area contributed by atoms with Gasteiger partial charge in [-0.15, -0.1) is 0 Å². The predicted molar refractivity (Wildman–Crippen MR) is 146 cm³/mol. The van der Waals surface area contributed by atoms with E-state index >= 15 is 0 Å². The Kier molecular flexibility index (Phi) is 9.72. The molecule has 2 N–H and O–H groups in total. The first kappa shape index (κ1) is 27.2. The van der Waals surface area contributed by atoms with Crippen molar-refractivity contribution in [3.8, 4) is 22.6 Å². The van der Waals surface area contributed by atoms with Crippen LogP contribution in [0, 0.1) is 0 Å². The number of carbonyl (C=O) groups is 2. The molecule has 1 amide bonds. The van der Waals surface area contributed by atoms with Crippen LogP contribution in [0.5, 0.6) is 11.5 Å². The average molecular weight is 519 g/mol. The van der Waals surface area contributed by atoms with Crippen molar-refractivity contribution in [3.63, 3.8) is 0 Å². The van der Waals surface area contributed by atoms with Gasteiger partial charge in [-0.25, -0.2) is 4.79 Å². The van der Waals surface area contributed by atoms with Crippen LogP contribution in [0.25, 0.3) is 11.1 Å². The molecule has 0 aliphatic carbocycles. The molecule has 1 aliphatic rings. The monoisotopic (exact) mass is 518 g/mol. The second-order valence-electron chi connectivity index (χ2n) is 9.05. The summed E-state index contributed by atoms with van der Waals surface area (Å²) in [5, 5.41) is 12.6. The molecule has 0 radical (unpaired) electrons. The van der Waals surface area contributed by atoms with Crippen molar-refractivity contribution in [2.24, 2.45) is 0 Å². The lowest BCUT2D eigenvalue weighted by Crippen LogP contribution is -2.38. The Hall–Kier alpha value is -3.88. The van der Waals surface area contributed by atoms with Gasteiger partial charge in [-0.05, 0) is 47.9 Å². The number of anilines is 1. The van der Waals surface area contributed by atoms with Crippen LogP contribution in [0.3, 0.4) is 0 Å². The molecule has 0 atom stereocenters. The van der Waals surface area contributed by atoms with Gasteiger partial charge in [-0.2, -0.15) is 0 Å². The molecule has 1 heterocycles. The lowest BCUT2D eigenvalue weighted by Gasteiger charge is -2.26. The van der Waals surface area contributed by atoms with Gasteiger partial charge in [0, 0.05) is 19.6 Å². The molecule has 200 valence electrons. The van der Waals surface area contributed by atoms with Crippen molar-refractivity contribution in [1.29, 1.82) is 0 Å². The fourth-order valence-electron chi connectivity index (χ4n) is 4.18. The van der Waals surface area contributed by atoms with Gasteiger partial charge >= 0.3 is 5.97 Å². The molecule has 0 bridgehead atoms. The fourth-order valence-corrected chi connectivity index (χ4v) is 4.18. The number of nitrogens with one attached hydrogen (secondary N) is 1. The Balaban J connectivity index is 1.56. The number of carbonyl (C=O) groups excluding carboxylic acids is 1. The Morgan fingerprint density at radius 2 is 1.71 bits per heavy atom. The highest BCUT2D eigenvalue weighted by atomic mass is 16.5. The molecule has 0 spiro atoms. The molecular weight excluding hydrogens is 484 g/mol. The summed E-state index contributed by atoms with van der Waals surface area (Å²) in [4.78, 5) is 27.7. The highest BCUT2D eigenvalue weighted by Crippen LogP contribution is 2.29. The lowest BCUT2D eigenvalue weighted by atomic mass is 10.0. The van der Waals surface area contributed by atoms with E-state index < -0.39 is 11.9 Å². The first-order chi connectivity index (χ1) is 18.5. The molecule has 1 saturated heterocycles. The molecule has 4 rings (SSSR count). The lowest BCUT2D eigenvalue weighted by molar-refractivity contribution is 0.0322. The minimum absolute atomic E-state index is 0.00407. The maximum atomic E-state index is 13.5. The van der Waals surface area contributed by atoms with Crippen molar-refractivity contribution in [3.05, 3.63) is 77.9 Å². The summed E-state index contributed by atoms with van der Waals surface area (Å²) in [6.07, 6.45) is 1.81. The van der Waals surface area contributed by atoms with Crippen molar-refractivity contribution in [1.82, 2.24) is 4.90 Å². The summed E-state index contributed by atoms with van der Waals surface area (Å²) in [5.41, 5.74) is 2.21. The molecule has 1 fully saturated rings. The summed E-state index contributed by atoms with van der Waals surface area (Å²) in [6.45, 7) is 6.95. The van der Waals surface area contributed by atoms with Gasteiger partial charge in [0.25, 0.3) is 5.91 Å². The normalized spacial score (nSPS) is 13.6. The molecule has 1 aliphatic heterocycles. The van der Waals surface area contributed by atoms with Crippen LogP contribution in [0.2, 0.25) is 0 Å². The second kappa shape index (κ2) is 13.6. The van der Waals surface area contributed by atoms with Crippen LogP contribution in [-0.2, 0) is 4.74 Å². The standard InChI is InChI=1S/C30H34N2O6/c1-2-3-16-38-28-12-10-24(37-19-15-32-13-17-36-18-14-32)21-26(28)29(33)31-27-20-23(9-11-25(27)30(34)35)22-7-5-4-6-8-22/h4-12,20-21H,2-3,13-19H2,1H3,(H,31,33)(H,34,35). The van der Waals surface area contributed by atoms with Crippen molar-refractivity contribution >= 4 is 17.6 Å². The Morgan fingerprint density at radius 3 is 2.45 bits per heavy atom. The third-order valence-electron chi connectivity index (χ3n) is 6.34. The van der Waals surface area contributed by atoms with Gasteiger partial charge in [-0.3, -0.25) is 9.69 Å². The molecular formula is C30H34N2O6. The van der Waals surface area contributed by atoms with Crippen molar-refractivity contribution in [2.45, 2.75) is 19.8 Å². The van der Waals surface area contributed by atoms with Crippen LogP contribution < -0.4 is 14.8 Å². The minimum atomic E-state index is -1.13. The number of hydrogen-bond donors (Lipinski definition) is 2. The first-order valence-electron chi connectivity index (χ1n) is 13.0. The van der Waals surface area contributed by atoms with E-state index in [9.17, 15) is 14.7 Å². The maximum absolute atomic E-state index is 13.5. The first-order valence-corrected chi connectivity index (χ1v) is 13.0. The van der Waals surface area contributed by atoms with Gasteiger partial charge in [0.05, 0.1) is 36.6 Å². The number of carboxylic acid groups (broad SMARTS) is 1. The van der Waals surface area contributed by atoms with E-state index in [0.717, 1.165) is 56.8 Å². The number of morpholine rings is 1. The number of ether oxygens (including phenoxy) is 3. The number of unbranched alkanes of at least 4 members (excludes halogenated alkanes) is 1. The number of hydrogen-bond acceptors (Lipinski definition) is 6. The van der Waals surface area contributed by atoms with Gasteiger partial charge in [-0.1, -0.05) is 49.7 Å². The molecule has 0 unspecified atom stereocenters. The topological polar surface area (TPSA) is 97.3 Å². The zero-order chi connectivity index (χ0) is 26.7. The molecule has 8 nitrogen and oxygen atoms in total. The van der Waals surface area contributed by atoms with Crippen LogP contribution in [0.15, 0.2) is 66.7 Å². The Labute approximate surface area is 223 Å². The third-order valence-corrected chi connectivity index (χ3v) is 6.34. The summed E-state index contributed by atoms with van der Waals surface area (Å²) in [6, 6.07) is 19.7. The quantitative estimate of drug-likeness (QED) is 0.318. The Morgan fingerprint density at radius 1 is 0.921 bits per heavy atom. The number of aromatic carboxylic acids is 1. The smallest absolute Gasteiger partial charge is 0.337 e. The zero-order valence-electron chi connectivity index (χ0n) is 21.7. The third kappa shape index (κ3) is 7.34. The van der Waals surface area contributed by atoms with E-state index in [0.29, 0.717) is 24.7 Å². The van der Waals surface area contributed by atoms with Gasteiger partial charge in [0.1, 0.15) is 18.1 Å². The highest BCUT2D eigenvalue weighted by Gasteiger charge is 2.19. The van der Waals surface area contributed by atoms with Crippen molar-refractivity contribution in [2.75, 3.05) is 51.4 Å². The van der Waals surface area contributed by atoms with Gasteiger partial charge in [0.15, 0.2) is 0 Å². The molecule has 38 heavy (non-hydrogen) atoms. The molecule has 8 heteroatoms. The highest BCUT2D eigenvalue weighted by molar-refractivity contribution is 6.09. The van der Waals surface area contributed by atoms with E-state index in [1.807, 2.05) is 30.3 Å². The SMILES string of the molecule is CCCCOc1ccc(OCCN2CCOCC2)cc1C(=O)Nc1cc(-c2ccccc2)ccc1C(=O)O. The Bertz CT molecular complexity index is 1220. The van der Waals surface area contributed by atoms with Crippen molar-refractivity contribution < 1.29 is 28.9 Å². The number of benzene rings is 3. The summed E-state index contributed by atoms with van der Waals surface area (Å²) < 4.78 is 17.3. The molecule has 0 aromatic heterocycles. The van der Waals surface area contributed by atoms with E-state index in [1.165, 1.54) is 6.07 Å². The van der Waals surface area contributed by atoms with E-state index in [2.05, 4.69) is 17.1 Å². The van der Waals surface area contributed by atoms with Crippen LogP contribution in [0.1, 0.15) is 40.5 Å². The maximum Gasteiger partial charge on any atom is 0.337 e. The van der Waals surface area contributed by atoms with E-state index in [1.54, 1.807) is 30.3 Å². The minimum Gasteiger partial charge on any atom is -0.493 e. The average Bonchev–Trinajstić information content (AvgIpc) is 2.94. The van der Waals surface area contributed by atoms with E-state index in [4.69, 9.17) is 14.2 Å². The number of carboxylic acids is 1. The number of amides is 1. The summed E-state index contributed by atoms with van der Waals surface area (Å²) in [5.74, 6) is -0.627. The largest absolute Gasteiger partial charge is 0.493 e. The van der Waals surface area contributed by atoms with Gasteiger partial charge in [0.2, 0.25) is 0 Å². The molecule has 3 aromatic rings.